The van der Waals surface area contributed by atoms with E-state index >= 15 is 0 Å². The van der Waals surface area contributed by atoms with Gasteiger partial charge in [0.2, 0.25) is 0 Å². The van der Waals surface area contributed by atoms with Gasteiger partial charge in [0.1, 0.15) is 17.0 Å². The summed E-state index contributed by atoms with van der Waals surface area (Å²) in [5.41, 5.74) is 0.430. The van der Waals surface area contributed by atoms with Crippen molar-refractivity contribution in [1.82, 2.24) is 5.16 Å². The van der Waals surface area contributed by atoms with Crippen molar-refractivity contribution >= 4 is 45.1 Å². The van der Waals surface area contributed by atoms with Gasteiger partial charge in [-0.25, -0.2) is 4.79 Å². The van der Waals surface area contributed by atoms with Crippen LogP contribution in [0.5, 0.6) is 0 Å². The largest absolute Gasteiger partial charge is 0.477 e. The third-order valence-electron chi connectivity index (χ3n) is 2.32. The van der Waals surface area contributed by atoms with Crippen molar-refractivity contribution in [3.8, 4) is 11.3 Å². The van der Waals surface area contributed by atoms with Gasteiger partial charge in [0.05, 0.1) is 10.0 Å². The Morgan fingerprint density at radius 1 is 1.39 bits per heavy atom. The van der Waals surface area contributed by atoms with E-state index in [1.165, 1.54) is 6.92 Å². The van der Waals surface area contributed by atoms with E-state index in [1.54, 1.807) is 12.1 Å². The predicted molar refractivity (Wildman–Crippen MR) is 71.4 cm³/mol. The third kappa shape index (κ3) is 2.25. The van der Waals surface area contributed by atoms with Crippen molar-refractivity contribution in [1.29, 1.82) is 0 Å². The Morgan fingerprint density at radius 2 is 1.94 bits per heavy atom. The van der Waals surface area contributed by atoms with Gasteiger partial charge in [0, 0.05) is 10.0 Å². The molecule has 18 heavy (non-hydrogen) atoms. The molecule has 1 aromatic heterocycles. The number of hydrogen-bond donors (Lipinski definition) is 1. The quantitative estimate of drug-likeness (QED) is 0.870. The van der Waals surface area contributed by atoms with E-state index in [2.05, 4.69) is 21.1 Å². The number of carboxylic acid groups (broad SMARTS) is 1. The first-order chi connectivity index (χ1) is 8.41. The lowest BCUT2D eigenvalue weighted by Gasteiger charge is -2.05. The van der Waals surface area contributed by atoms with Crippen LogP contribution in [0.1, 0.15) is 16.1 Å². The molecule has 2 aromatic rings. The molecule has 94 valence electrons. The van der Waals surface area contributed by atoms with E-state index in [4.69, 9.17) is 32.8 Å². The number of aryl methyl sites for hydroxylation is 1. The van der Waals surface area contributed by atoms with Crippen LogP contribution < -0.4 is 0 Å². The second-order valence-corrected chi connectivity index (χ2v) is 5.24. The molecule has 0 radical (unpaired) electrons. The molecule has 2 rings (SSSR count). The summed E-state index contributed by atoms with van der Waals surface area (Å²) in [6.07, 6.45) is 0. The van der Waals surface area contributed by atoms with E-state index in [0.29, 0.717) is 20.1 Å². The fraction of sp³-hybridized carbons (Fsp3) is 0.0909. The van der Waals surface area contributed by atoms with Crippen LogP contribution in [0.15, 0.2) is 21.1 Å². The van der Waals surface area contributed by atoms with Gasteiger partial charge >= 0.3 is 5.97 Å². The molecule has 7 heteroatoms. The molecule has 1 N–H and O–H groups in total. The SMILES string of the molecule is Cc1onc(-c2c(Cl)cc(Br)cc2Cl)c1C(=O)O. The van der Waals surface area contributed by atoms with E-state index in [0.717, 1.165) is 0 Å². The van der Waals surface area contributed by atoms with Crippen molar-refractivity contribution in [3.05, 3.63) is 38.0 Å². The van der Waals surface area contributed by atoms with Crippen LogP contribution in [-0.2, 0) is 0 Å². The Bertz CT molecular complexity index is 616. The molecule has 0 aliphatic heterocycles. The zero-order chi connectivity index (χ0) is 13.4. The Balaban J connectivity index is 2.74. The first kappa shape index (κ1) is 13.4. The summed E-state index contributed by atoms with van der Waals surface area (Å²) in [5.74, 6) is -0.939. The molecular weight excluding hydrogens is 345 g/mol. The second kappa shape index (κ2) is 4.91. The van der Waals surface area contributed by atoms with E-state index in [9.17, 15) is 4.79 Å². The number of carbonyl (C=O) groups is 1. The van der Waals surface area contributed by atoms with Gasteiger partial charge in [-0.3, -0.25) is 0 Å². The standard InChI is InChI=1S/C11H6BrCl2NO3/c1-4-8(11(16)17)10(15-18-4)9-6(13)2-5(12)3-7(9)14/h2-3H,1H3,(H,16,17). The average Bonchev–Trinajstić information content (AvgIpc) is 2.58. The molecule has 0 fully saturated rings. The fourth-order valence-corrected chi connectivity index (χ4v) is 2.95. The van der Waals surface area contributed by atoms with Gasteiger partial charge in [0.15, 0.2) is 0 Å². The zero-order valence-electron chi connectivity index (χ0n) is 9.00. The molecule has 0 unspecified atom stereocenters. The minimum Gasteiger partial charge on any atom is -0.477 e. The maximum Gasteiger partial charge on any atom is 0.341 e. The van der Waals surface area contributed by atoms with Gasteiger partial charge in [-0.2, -0.15) is 0 Å². The molecule has 0 saturated carbocycles. The van der Waals surface area contributed by atoms with Crippen molar-refractivity contribution in [2.24, 2.45) is 0 Å². The van der Waals surface area contributed by atoms with E-state index in [1.807, 2.05) is 0 Å². The second-order valence-electron chi connectivity index (χ2n) is 3.51. The highest BCUT2D eigenvalue weighted by atomic mass is 79.9. The number of benzene rings is 1. The highest BCUT2D eigenvalue weighted by Gasteiger charge is 2.24. The number of halogens is 3. The fourth-order valence-electron chi connectivity index (χ4n) is 1.56. The summed E-state index contributed by atoms with van der Waals surface area (Å²) < 4.78 is 5.58. The summed E-state index contributed by atoms with van der Waals surface area (Å²) in [6.45, 7) is 1.51. The summed E-state index contributed by atoms with van der Waals surface area (Å²) in [5, 5.41) is 13.4. The lowest BCUT2D eigenvalue weighted by Crippen LogP contribution is -1.99. The lowest BCUT2D eigenvalue weighted by molar-refractivity contribution is 0.0696. The highest BCUT2D eigenvalue weighted by Crippen LogP contribution is 2.38. The van der Waals surface area contributed by atoms with Crippen LogP contribution in [0.25, 0.3) is 11.3 Å². The van der Waals surface area contributed by atoms with Gasteiger partial charge < -0.3 is 9.63 Å². The van der Waals surface area contributed by atoms with E-state index < -0.39 is 5.97 Å². The molecule has 0 saturated heterocycles. The number of aromatic nitrogens is 1. The summed E-state index contributed by atoms with van der Waals surface area (Å²) in [4.78, 5) is 11.2. The smallest absolute Gasteiger partial charge is 0.341 e. The lowest BCUT2D eigenvalue weighted by atomic mass is 10.1. The summed E-state index contributed by atoms with van der Waals surface area (Å²) >= 11 is 15.4. The average molecular weight is 351 g/mol. The first-order valence-corrected chi connectivity index (χ1v) is 6.31. The topological polar surface area (TPSA) is 63.3 Å². The van der Waals surface area contributed by atoms with Crippen molar-refractivity contribution < 1.29 is 14.4 Å². The number of rotatable bonds is 2. The minimum atomic E-state index is -1.14. The van der Waals surface area contributed by atoms with Gasteiger partial charge in [-0.05, 0) is 19.1 Å². The molecule has 4 nitrogen and oxygen atoms in total. The maximum absolute atomic E-state index is 11.2. The molecule has 1 aromatic carbocycles. The van der Waals surface area contributed by atoms with Crippen LogP contribution in [0.2, 0.25) is 10.0 Å². The third-order valence-corrected chi connectivity index (χ3v) is 3.37. The van der Waals surface area contributed by atoms with Gasteiger partial charge in [-0.15, -0.1) is 0 Å². The Labute approximate surface area is 121 Å². The first-order valence-electron chi connectivity index (χ1n) is 4.76. The van der Waals surface area contributed by atoms with Crippen LogP contribution in [0.3, 0.4) is 0 Å². The van der Waals surface area contributed by atoms with Crippen LogP contribution in [0.4, 0.5) is 0 Å². The minimum absolute atomic E-state index is 0.0406. The van der Waals surface area contributed by atoms with Crippen LogP contribution in [-0.4, -0.2) is 16.2 Å². The van der Waals surface area contributed by atoms with Gasteiger partial charge in [0.25, 0.3) is 0 Å². The number of carboxylic acids is 1. The van der Waals surface area contributed by atoms with Gasteiger partial charge in [-0.1, -0.05) is 44.3 Å². The number of nitrogens with zero attached hydrogens (tertiary/aromatic N) is 1. The molecule has 1 heterocycles. The summed E-state index contributed by atoms with van der Waals surface area (Å²) in [7, 11) is 0. The Hall–Kier alpha value is -1.04. The molecule has 0 aliphatic rings. The predicted octanol–water partition coefficient (Wildman–Crippen LogP) is 4.42. The summed E-state index contributed by atoms with van der Waals surface area (Å²) in [6, 6.07) is 3.22. The highest BCUT2D eigenvalue weighted by molar-refractivity contribution is 9.10. The van der Waals surface area contributed by atoms with E-state index in [-0.39, 0.29) is 17.0 Å². The monoisotopic (exact) mass is 349 g/mol. The molecule has 0 bridgehead atoms. The molecule has 0 spiro atoms. The van der Waals surface area contributed by atoms with Crippen LogP contribution >= 0.6 is 39.1 Å². The number of hydrogen-bond acceptors (Lipinski definition) is 3. The van der Waals surface area contributed by atoms with Crippen LogP contribution in [0, 0.1) is 6.92 Å². The van der Waals surface area contributed by atoms with Crippen molar-refractivity contribution in [2.75, 3.05) is 0 Å². The molecule has 0 aliphatic carbocycles. The Morgan fingerprint density at radius 3 is 2.44 bits per heavy atom. The normalized spacial score (nSPS) is 10.7. The molecule has 0 amide bonds. The molecule has 0 atom stereocenters. The molecular formula is C11H6BrCl2NO3. The number of aromatic carboxylic acids is 1. The Kier molecular flexibility index (Phi) is 3.66. The maximum atomic E-state index is 11.2. The zero-order valence-corrected chi connectivity index (χ0v) is 12.1. The van der Waals surface area contributed by atoms with Crippen molar-refractivity contribution in [3.63, 3.8) is 0 Å². The van der Waals surface area contributed by atoms with Crippen molar-refractivity contribution in [2.45, 2.75) is 6.92 Å².